The van der Waals surface area contributed by atoms with Crippen LogP contribution in [-0.2, 0) is 6.18 Å². The third-order valence-corrected chi connectivity index (χ3v) is 3.24. The Balaban J connectivity index is 2.07. The molecule has 1 unspecified atom stereocenters. The number of halogens is 3. The quantitative estimate of drug-likeness (QED) is 0.856. The highest BCUT2D eigenvalue weighted by Gasteiger charge is 2.37. The highest BCUT2D eigenvalue weighted by molar-refractivity contribution is 5.30. The summed E-state index contributed by atoms with van der Waals surface area (Å²) in [5, 5.41) is 6.78. The van der Waals surface area contributed by atoms with Crippen molar-refractivity contribution in [2.75, 3.05) is 13.1 Å². The first kappa shape index (κ1) is 12.3. The first-order chi connectivity index (χ1) is 9.05. The van der Waals surface area contributed by atoms with Crippen molar-refractivity contribution in [1.29, 1.82) is 0 Å². The number of rotatable bonds is 1. The second kappa shape index (κ2) is 4.44. The van der Waals surface area contributed by atoms with Crippen LogP contribution in [0, 0.1) is 0 Å². The smallest absolute Gasteiger partial charge is 0.316 e. The van der Waals surface area contributed by atoms with E-state index in [1.807, 2.05) is 0 Å². The molecule has 1 fully saturated rings. The molecule has 1 N–H and O–H groups in total. The summed E-state index contributed by atoms with van der Waals surface area (Å²) in [7, 11) is 0. The van der Waals surface area contributed by atoms with E-state index >= 15 is 0 Å². The van der Waals surface area contributed by atoms with Crippen LogP contribution >= 0.6 is 0 Å². The van der Waals surface area contributed by atoms with Gasteiger partial charge in [-0.3, -0.25) is 0 Å². The van der Waals surface area contributed by atoms with Gasteiger partial charge in [-0.05, 0) is 25.5 Å². The van der Waals surface area contributed by atoms with Gasteiger partial charge in [0.05, 0.1) is 5.69 Å². The molecule has 0 amide bonds. The Morgan fingerprint density at radius 3 is 2.89 bits per heavy atom. The zero-order chi connectivity index (χ0) is 13.5. The lowest BCUT2D eigenvalue weighted by Gasteiger charge is -2.22. The number of fused-ring (bicyclic) bond motifs is 1. The first-order valence-electron chi connectivity index (χ1n) is 6.05. The molecule has 5 nitrogen and oxygen atoms in total. The molecule has 0 aliphatic carbocycles. The summed E-state index contributed by atoms with van der Waals surface area (Å²) in [6.07, 6.45) is -1.15. The van der Waals surface area contributed by atoms with Gasteiger partial charge in [-0.25, -0.2) is 9.50 Å². The third kappa shape index (κ3) is 2.27. The molecular weight excluding hydrogens is 259 g/mol. The summed E-state index contributed by atoms with van der Waals surface area (Å²) >= 11 is 0. The fourth-order valence-electron chi connectivity index (χ4n) is 2.34. The van der Waals surface area contributed by atoms with E-state index < -0.39 is 12.0 Å². The van der Waals surface area contributed by atoms with Gasteiger partial charge in [0.25, 0.3) is 11.6 Å². The molecule has 0 spiro atoms. The van der Waals surface area contributed by atoms with Crippen molar-refractivity contribution in [3.8, 4) is 0 Å². The third-order valence-electron chi connectivity index (χ3n) is 3.24. The van der Waals surface area contributed by atoms with Gasteiger partial charge in [0, 0.05) is 18.7 Å². The van der Waals surface area contributed by atoms with Crippen LogP contribution in [0.1, 0.15) is 30.3 Å². The zero-order valence-corrected chi connectivity index (χ0v) is 9.98. The van der Waals surface area contributed by atoms with Crippen LogP contribution in [0.3, 0.4) is 0 Å². The molecule has 2 aromatic heterocycles. The van der Waals surface area contributed by atoms with Crippen LogP contribution in [0.15, 0.2) is 12.3 Å². The molecule has 19 heavy (non-hydrogen) atoms. The van der Waals surface area contributed by atoms with E-state index in [1.54, 1.807) is 6.07 Å². The minimum absolute atomic E-state index is 0.00426. The number of nitrogens with one attached hydrogen (secondary N) is 1. The molecule has 0 saturated carbocycles. The number of hydrogen-bond donors (Lipinski definition) is 1. The fraction of sp³-hybridized carbons (Fsp3) is 0.545. The van der Waals surface area contributed by atoms with Crippen LogP contribution in [-0.4, -0.2) is 32.7 Å². The lowest BCUT2D eigenvalue weighted by molar-refractivity contribution is -0.144. The molecule has 0 aromatic carbocycles. The molecule has 8 heteroatoms. The molecule has 3 heterocycles. The van der Waals surface area contributed by atoms with Gasteiger partial charge in [-0.1, -0.05) is 0 Å². The first-order valence-corrected chi connectivity index (χ1v) is 6.05. The molecule has 1 atom stereocenters. The van der Waals surface area contributed by atoms with Gasteiger partial charge >= 0.3 is 6.18 Å². The van der Waals surface area contributed by atoms with Gasteiger partial charge in [-0.2, -0.15) is 18.2 Å². The Hall–Kier alpha value is -1.70. The van der Waals surface area contributed by atoms with Crippen molar-refractivity contribution in [1.82, 2.24) is 24.9 Å². The molecule has 1 aliphatic rings. The highest BCUT2D eigenvalue weighted by atomic mass is 19.4. The van der Waals surface area contributed by atoms with Crippen molar-refractivity contribution < 1.29 is 13.2 Å². The van der Waals surface area contributed by atoms with Gasteiger partial charge < -0.3 is 5.32 Å². The maximum Gasteiger partial charge on any atom is 0.453 e. The van der Waals surface area contributed by atoms with E-state index in [1.165, 1.54) is 10.7 Å². The highest BCUT2D eigenvalue weighted by Crippen LogP contribution is 2.28. The summed E-state index contributed by atoms with van der Waals surface area (Å²) in [5.74, 6) is -1.01. The van der Waals surface area contributed by atoms with Crippen molar-refractivity contribution in [2.45, 2.75) is 24.9 Å². The monoisotopic (exact) mass is 271 g/mol. The molecule has 0 bridgehead atoms. The lowest BCUT2D eigenvalue weighted by Crippen LogP contribution is -2.29. The number of piperidine rings is 1. The standard InChI is InChI=1S/C11H12F3N5/c12-11(13,14)9-17-10-16-5-3-8(19(10)18-9)7-2-1-4-15-6-7/h3,5,7,15H,1-2,4,6H2. The average Bonchev–Trinajstić information content (AvgIpc) is 2.83. The van der Waals surface area contributed by atoms with E-state index in [9.17, 15) is 13.2 Å². The van der Waals surface area contributed by atoms with E-state index in [-0.39, 0.29) is 11.7 Å². The molecule has 1 aliphatic heterocycles. The fourth-order valence-corrected chi connectivity index (χ4v) is 2.34. The minimum atomic E-state index is -4.55. The molecule has 2 aromatic rings. The maximum absolute atomic E-state index is 12.6. The SMILES string of the molecule is FC(F)(F)c1nc2nccc(C3CCCNC3)n2n1. The van der Waals surface area contributed by atoms with Crippen LogP contribution in [0.25, 0.3) is 5.78 Å². The number of nitrogens with zero attached hydrogens (tertiary/aromatic N) is 4. The molecule has 3 rings (SSSR count). The summed E-state index contributed by atoms with van der Waals surface area (Å²) in [6, 6.07) is 1.71. The normalized spacial score (nSPS) is 20.9. The van der Waals surface area contributed by atoms with Gasteiger partial charge in [0.15, 0.2) is 0 Å². The van der Waals surface area contributed by atoms with Crippen LogP contribution in [0.4, 0.5) is 13.2 Å². The van der Waals surface area contributed by atoms with Crippen molar-refractivity contribution >= 4 is 5.78 Å². The van der Waals surface area contributed by atoms with E-state index in [2.05, 4.69) is 20.4 Å². The average molecular weight is 271 g/mol. The van der Waals surface area contributed by atoms with Crippen molar-refractivity contribution in [2.24, 2.45) is 0 Å². The lowest BCUT2D eigenvalue weighted by atomic mass is 9.96. The molecule has 1 saturated heterocycles. The van der Waals surface area contributed by atoms with Crippen LogP contribution in [0.2, 0.25) is 0 Å². The Morgan fingerprint density at radius 1 is 1.37 bits per heavy atom. The van der Waals surface area contributed by atoms with Crippen LogP contribution < -0.4 is 5.32 Å². The van der Waals surface area contributed by atoms with Crippen molar-refractivity contribution in [3.05, 3.63) is 23.8 Å². The Bertz CT molecular complexity index is 586. The second-order valence-corrected chi connectivity index (χ2v) is 4.56. The zero-order valence-electron chi connectivity index (χ0n) is 9.98. The van der Waals surface area contributed by atoms with Gasteiger partial charge in [-0.15, -0.1) is 5.10 Å². The molecular formula is C11H12F3N5. The Kier molecular flexibility index (Phi) is 2.89. The maximum atomic E-state index is 12.6. The van der Waals surface area contributed by atoms with Gasteiger partial charge in [0.2, 0.25) is 0 Å². The summed E-state index contributed by atoms with van der Waals surface area (Å²) in [6.45, 7) is 1.68. The van der Waals surface area contributed by atoms with Crippen LogP contribution in [0.5, 0.6) is 0 Å². The molecule has 102 valence electrons. The van der Waals surface area contributed by atoms with Gasteiger partial charge in [0.1, 0.15) is 0 Å². The number of aromatic nitrogens is 4. The minimum Gasteiger partial charge on any atom is -0.316 e. The Morgan fingerprint density at radius 2 is 2.21 bits per heavy atom. The topological polar surface area (TPSA) is 55.1 Å². The van der Waals surface area contributed by atoms with E-state index in [0.717, 1.165) is 31.6 Å². The summed E-state index contributed by atoms with van der Waals surface area (Å²) in [5.41, 5.74) is 0.722. The van der Waals surface area contributed by atoms with Crippen molar-refractivity contribution in [3.63, 3.8) is 0 Å². The predicted molar refractivity (Wildman–Crippen MR) is 60.6 cm³/mol. The predicted octanol–water partition coefficient (Wildman–Crippen LogP) is 1.61. The summed E-state index contributed by atoms with van der Waals surface area (Å²) in [4.78, 5) is 7.27. The Labute approximate surface area is 106 Å². The molecule has 0 radical (unpaired) electrons. The number of hydrogen-bond acceptors (Lipinski definition) is 4. The van der Waals surface area contributed by atoms with E-state index in [0.29, 0.717) is 0 Å². The second-order valence-electron chi connectivity index (χ2n) is 4.56. The van der Waals surface area contributed by atoms with E-state index in [4.69, 9.17) is 0 Å². The summed E-state index contributed by atoms with van der Waals surface area (Å²) < 4.78 is 39.1. The largest absolute Gasteiger partial charge is 0.453 e. The number of alkyl halides is 3.